The molecule has 1 aromatic heterocycles. The maximum Gasteiger partial charge on any atom is 0.223 e. The summed E-state index contributed by atoms with van der Waals surface area (Å²) in [4.78, 5) is 11.3. The first-order chi connectivity index (χ1) is 13.1. The van der Waals surface area contributed by atoms with Crippen molar-refractivity contribution < 1.29 is 5.11 Å². The van der Waals surface area contributed by atoms with Crippen LogP contribution in [0.3, 0.4) is 0 Å². The maximum absolute atomic E-state index is 10.8. The van der Waals surface area contributed by atoms with E-state index < -0.39 is 0 Å². The van der Waals surface area contributed by atoms with E-state index >= 15 is 0 Å². The summed E-state index contributed by atoms with van der Waals surface area (Å²) in [5.41, 5.74) is 8.13. The Morgan fingerprint density at radius 1 is 1.33 bits per heavy atom. The van der Waals surface area contributed by atoms with Crippen LogP contribution in [0.4, 0.5) is 5.95 Å². The number of hydrogen-bond acceptors (Lipinski definition) is 6. The molecule has 3 rings (SSSR count). The molecular weight excluding hydrogens is 338 g/mol. The first-order valence-corrected chi connectivity index (χ1v) is 9.58. The number of rotatable bonds is 7. The molecule has 0 aliphatic carbocycles. The Hall–Kier alpha value is -2.44. The molecule has 1 aliphatic rings. The molecule has 2 atom stereocenters. The van der Waals surface area contributed by atoms with Crippen LogP contribution in [0.25, 0.3) is 11.3 Å². The van der Waals surface area contributed by atoms with Gasteiger partial charge in [-0.2, -0.15) is 0 Å². The molecule has 2 unspecified atom stereocenters. The van der Waals surface area contributed by atoms with Gasteiger partial charge in [0.2, 0.25) is 5.95 Å². The second kappa shape index (κ2) is 8.97. The third-order valence-electron chi connectivity index (χ3n) is 5.12. The van der Waals surface area contributed by atoms with Crippen LogP contribution in [0.15, 0.2) is 42.6 Å². The fourth-order valence-corrected chi connectivity index (χ4v) is 3.61. The summed E-state index contributed by atoms with van der Waals surface area (Å²) in [5, 5.41) is 14.1. The molecule has 0 amide bonds. The Kier molecular flexibility index (Phi) is 6.42. The van der Waals surface area contributed by atoms with Gasteiger partial charge in [-0.3, -0.25) is 0 Å². The number of benzene rings is 1. The van der Waals surface area contributed by atoms with E-state index in [2.05, 4.69) is 27.2 Å². The Morgan fingerprint density at radius 3 is 2.78 bits per heavy atom. The predicted octanol–water partition coefficient (Wildman–Crippen LogP) is 3.15. The lowest BCUT2D eigenvalue weighted by Gasteiger charge is -2.19. The number of likely N-dealkylation sites (tertiary alicyclic amines) is 1. The summed E-state index contributed by atoms with van der Waals surface area (Å²) >= 11 is 0. The zero-order valence-electron chi connectivity index (χ0n) is 16.1. The molecule has 1 aromatic carbocycles. The van der Waals surface area contributed by atoms with E-state index in [9.17, 15) is 5.11 Å². The van der Waals surface area contributed by atoms with Crippen molar-refractivity contribution in [2.75, 3.05) is 25.5 Å². The molecule has 1 fully saturated rings. The maximum atomic E-state index is 10.8. The van der Waals surface area contributed by atoms with Gasteiger partial charge in [0.05, 0.1) is 5.69 Å². The van der Waals surface area contributed by atoms with Crippen LogP contribution in [0.2, 0.25) is 0 Å². The second-order valence-electron chi connectivity index (χ2n) is 7.17. The standard InChI is InChI=1S/C21H29N5O/c1-15(22)19(20(27)16-7-4-3-5-8-16)18-11-13-24-21(25-18)23-12-10-17-9-6-14-26(17)2/h3-5,7-8,11,13,15,17,27H,6,9-10,12,14,22H2,1-2H3,(H,23,24,25). The largest absolute Gasteiger partial charge is 0.507 e. The molecule has 0 bridgehead atoms. The molecule has 2 heterocycles. The first kappa shape index (κ1) is 19.3. The molecule has 1 saturated heterocycles. The monoisotopic (exact) mass is 367 g/mol. The van der Waals surface area contributed by atoms with Gasteiger partial charge in [-0.25, -0.2) is 9.97 Å². The molecule has 4 N–H and O–H groups in total. The molecule has 6 nitrogen and oxygen atoms in total. The van der Waals surface area contributed by atoms with Crippen LogP contribution in [-0.2, 0) is 0 Å². The van der Waals surface area contributed by atoms with Gasteiger partial charge in [-0.05, 0) is 45.8 Å². The fraction of sp³-hybridized carbons (Fsp3) is 0.429. The van der Waals surface area contributed by atoms with Gasteiger partial charge >= 0.3 is 0 Å². The Balaban J connectivity index is 1.76. The number of hydrogen-bond donors (Lipinski definition) is 3. The van der Waals surface area contributed by atoms with E-state index in [1.165, 1.54) is 19.4 Å². The van der Waals surface area contributed by atoms with Gasteiger partial charge < -0.3 is 21.1 Å². The summed E-state index contributed by atoms with van der Waals surface area (Å²) in [6, 6.07) is 11.5. The average Bonchev–Trinajstić information content (AvgIpc) is 3.07. The van der Waals surface area contributed by atoms with E-state index in [1.807, 2.05) is 37.3 Å². The van der Waals surface area contributed by atoms with E-state index in [0.29, 0.717) is 23.3 Å². The Bertz CT molecular complexity index is 775. The lowest BCUT2D eigenvalue weighted by Crippen LogP contribution is -2.27. The van der Waals surface area contributed by atoms with Crippen molar-refractivity contribution in [3.63, 3.8) is 0 Å². The van der Waals surface area contributed by atoms with Crippen LogP contribution in [0, 0.1) is 0 Å². The quantitative estimate of drug-likeness (QED) is 0.652. The number of anilines is 1. The Morgan fingerprint density at radius 2 is 2.11 bits per heavy atom. The molecule has 27 heavy (non-hydrogen) atoms. The normalized spacial score (nSPS) is 19.6. The highest BCUT2D eigenvalue weighted by Crippen LogP contribution is 2.26. The van der Waals surface area contributed by atoms with Gasteiger partial charge in [-0.15, -0.1) is 0 Å². The van der Waals surface area contributed by atoms with E-state index in [4.69, 9.17) is 5.73 Å². The summed E-state index contributed by atoms with van der Waals surface area (Å²) in [6.45, 7) is 3.85. The highest BCUT2D eigenvalue weighted by Gasteiger charge is 2.20. The SMILES string of the molecule is CC(N)C(=C(O)c1ccccc1)c1ccnc(NCCC2CCCN2C)n1. The van der Waals surface area contributed by atoms with Crippen LogP contribution in [0.5, 0.6) is 0 Å². The summed E-state index contributed by atoms with van der Waals surface area (Å²) < 4.78 is 0. The summed E-state index contributed by atoms with van der Waals surface area (Å²) in [5.74, 6) is 0.718. The third-order valence-corrected chi connectivity index (χ3v) is 5.12. The van der Waals surface area contributed by atoms with Gasteiger partial charge in [0.1, 0.15) is 5.76 Å². The van der Waals surface area contributed by atoms with Crippen molar-refractivity contribution in [1.29, 1.82) is 0 Å². The van der Waals surface area contributed by atoms with Crippen LogP contribution >= 0.6 is 0 Å². The number of aliphatic hydroxyl groups is 1. The molecule has 6 heteroatoms. The minimum atomic E-state index is -0.361. The highest BCUT2D eigenvalue weighted by atomic mass is 16.3. The summed E-state index contributed by atoms with van der Waals surface area (Å²) in [6.07, 6.45) is 5.29. The van der Waals surface area contributed by atoms with E-state index in [1.54, 1.807) is 12.3 Å². The molecular formula is C21H29N5O. The van der Waals surface area contributed by atoms with Crippen molar-refractivity contribution in [3.8, 4) is 0 Å². The second-order valence-corrected chi connectivity index (χ2v) is 7.17. The van der Waals surface area contributed by atoms with Crippen molar-refractivity contribution >= 4 is 17.3 Å². The van der Waals surface area contributed by atoms with Crippen LogP contribution in [0.1, 0.15) is 37.4 Å². The van der Waals surface area contributed by atoms with Gasteiger partial charge in [0, 0.05) is 36.0 Å². The van der Waals surface area contributed by atoms with E-state index in [-0.39, 0.29) is 11.8 Å². The van der Waals surface area contributed by atoms with Crippen molar-refractivity contribution in [1.82, 2.24) is 14.9 Å². The fourth-order valence-electron chi connectivity index (χ4n) is 3.61. The van der Waals surface area contributed by atoms with Crippen LogP contribution in [-0.4, -0.2) is 52.2 Å². The molecule has 0 spiro atoms. The van der Waals surface area contributed by atoms with Gasteiger partial charge in [-0.1, -0.05) is 30.3 Å². The number of aliphatic hydroxyl groups excluding tert-OH is 1. The first-order valence-electron chi connectivity index (χ1n) is 9.58. The zero-order chi connectivity index (χ0) is 19.2. The molecule has 144 valence electrons. The number of aromatic nitrogens is 2. The average molecular weight is 367 g/mol. The number of nitrogens with one attached hydrogen (secondary N) is 1. The van der Waals surface area contributed by atoms with Gasteiger partial charge in [0.25, 0.3) is 0 Å². The molecule has 0 radical (unpaired) electrons. The number of nitrogens with two attached hydrogens (primary N) is 1. The van der Waals surface area contributed by atoms with Crippen molar-refractivity contribution in [2.24, 2.45) is 5.73 Å². The van der Waals surface area contributed by atoms with Gasteiger partial charge in [0.15, 0.2) is 0 Å². The minimum Gasteiger partial charge on any atom is -0.507 e. The third kappa shape index (κ3) is 4.84. The lowest BCUT2D eigenvalue weighted by atomic mass is 10.00. The van der Waals surface area contributed by atoms with Crippen LogP contribution < -0.4 is 11.1 Å². The predicted molar refractivity (Wildman–Crippen MR) is 110 cm³/mol. The van der Waals surface area contributed by atoms with E-state index in [0.717, 1.165) is 18.5 Å². The number of nitrogens with zero attached hydrogens (tertiary/aromatic N) is 3. The Labute approximate surface area is 161 Å². The minimum absolute atomic E-state index is 0.155. The topological polar surface area (TPSA) is 87.3 Å². The van der Waals surface area contributed by atoms with Crippen molar-refractivity contribution in [3.05, 3.63) is 53.9 Å². The molecule has 2 aromatic rings. The molecule has 1 aliphatic heterocycles. The molecule has 0 saturated carbocycles. The summed E-state index contributed by atoms with van der Waals surface area (Å²) in [7, 11) is 2.18. The lowest BCUT2D eigenvalue weighted by molar-refractivity contribution is 0.301. The smallest absolute Gasteiger partial charge is 0.223 e. The van der Waals surface area contributed by atoms with Crippen molar-refractivity contribution in [2.45, 2.75) is 38.3 Å². The highest BCUT2D eigenvalue weighted by molar-refractivity contribution is 5.87. The zero-order valence-corrected chi connectivity index (χ0v) is 16.1.